The average molecular weight is 278 g/mol. The van der Waals surface area contributed by atoms with Crippen LogP contribution in [0.1, 0.15) is 44.7 Å². The van der Waals surface area contributed by atoms with E-state index in [2.05, 4.69) is 30.1 Å². The molecule has 1 aromatic carbocycles. The van der Waals surface area contributed by atoms with Gasteiger partial charge in [0.2, 0.25) is 0 Å². The van der Waals surface area contributed by atoms with Crippen molar-refractivity contribution >= 4 is 5.69 Å². The predicted molar refractivity (Wildman–Crippen MR) is 82.3 cm³/mol. The molecule has 1 aliphatic heterocycles. The average Bonchev–Trinajstić information content (AvgIpc) is 2.45. The summed E-state index contributed by atoms with van der Waals surface area (Å²) < 4.78 is 0. The summed E-state index contributed by atoms with van der Waals surface area (Å²) in [7, 11) is 0. The van der Waals surface area contributed by atoms with E-state index in [9.17, 15) is 10.2 Å². The van der Waals surface area contributed by atoms with E-state index in [1.165, 1.54) is 0 Å². The zero-order valence-electron chi connectivity index (χ0n) is 12.5. The maximum atomic E-state index is 10.2. The smallest absolute Gasteiger partial charge is 0.122 e. The van der Waals surface area contributed by atoms with Crippen LogP contribution in [0, 0.1) is 0 Å². The van der Waals surface area contributed by atoms with Crippen LogP contribution in [0.5, 0.6) is 5.75 Å². The Bertz CT molecular complexity index is 428. The zero-order valence-corrected chi connectivity index (χ0v) is 12.5. The van der Waals surface area contributed by atoms with E-state index in [1.54, 1.807) is 0 Å². The highest BCUT2D eigenvalue weighted by molar-refractivity contribution is 5.54. The highest BCUT2D eigenvalue weighted by Gasteiger charge is 2.18. The van der Waals surface area contributed by atoms with Crippen LogP contribution in [0.4, 0.5) is 5.69 Å². The molecule has 0 aliphatic carbocycles. The Labute approximate surface area is 121 Å². The number of aromatic hydroxyl groups is 1. The minimum absolute atomic E-state index is 0.159. The van der Waals surface area contributed by atoms with Gasteiger partial charge in [0.25, 0.3) is 0 Å². The molecule has 0 radical (unpaired) electrons. The third kappa shape index (κ3) is 3.64. The lowest BCUT2D eigenvalue weighted by molar-refractivity contribution is 0.145. The molecule has 20 heavy (non-hydrogen) atoms. The van der Waals surface area contributed by atoms with E-state index in [4.69, 9.17) is 0 Å². The molecule has 4 heteroatoms. The Morgan fingerprint density at radius 3 is 2.65 bits per heavy atom. The van der Waals surface area contributed by atoms with Crippen molar-refractivity contribution in [1.29, 1.82) is 0 Å². The fraction of sp³-hybridized carbons (Fsp3) is 0.625. The largest absolute Gasteiger partial charge is 0.508 e. The van der Waals surface area contributed by atoms with Crippen LogP contribution in [0.3, 0.4) is 0 Å². The molecule has 112 valence electrons. The van der Waals surface area contributed by atoms with Crippen molar-refractivity contribution in [3.05, 3.63) is 23.8 Å². The summed E-state index contributed by atoms with van der Waals surface area (Å²) in [6.07, 6.45) is 2.52. The molecule has 4 nitrogen and oxygen atoms in total. The number of nitrogens with one attached hydrogen (secondary N) is 1. The first-order valence-electron chi connectivity index (χ1n) is 7.61. The number of aliphatic hydroxyl groups excluding tert-OH is 1. The van der Waals surface area contributed by atoms with Gasteiger partial charge in [0.15, 0.2) is 0 Å². The van der Waals surface area contributed by atoms with E-state index < -0.39 is 0 Å². The van der Waals surface area contributed by atoms with Gasteiger partial charge in [0, 0.05) is 36.4 Å². The SMILES string of the molecule is CCCNC(C)c1ccc(N2CCC(O)CC2)cc1O. The Morgan fingerprint density at radius 2 is 2.05 bits per heavy atom. The van der Waals surface area contributed by atoms with Crippen LogP contribution in [0.25, 0.3) is 0 Å². The fourth-order valence-corrected chi connectivity index (χ4v) is 2.69. The van der Waals surface area contributed by atoms with Crippen molar-refractivity contribution in [1.82, 2.24) is 5.32 Å². The standard InChI is InChI=1S/C16H26N2O2/c1-3-8-17-12(2)15-5-4-13(11-16(15)20)18-9-6-14(19)7-10-18/h4-5,11-12,14,17,19-20H,3,6-10H2,1-2H3. The summed E-state index contributed by atoms with van der Waals surface area (Å²) in [5, 5.41) is 23.2. The van der Waals surface area contributed by atoms with Crippen LogP contribution in [0.15, 0.2) is 18.2 Å². The maximum Gasteiger partial charge on any atom is 0.122 e. The summed E-state index contributed by atoms with van der Waals surface area (Å²) in [5.41, 5.74) is 1.99. The second-order valence-electron chi connectivity index (χ2n) is 5.64. The van der Waals surface area contributed by atoms with E-state index in [0.717, 1.165) is 50.1 Å². The van der Waals surface area contributed by atoms with Crippen LogP contribution < -0.4 is 10.2 Å². The van der Waals surface area contributed by atoms with Gasteiger partial charge in [0.05, 0.1) is 6.10 Å². The van der Waals surface area contributed by atoms with E-state index in [-0.39, 0.29) is 12.1 Å². The molecule has 1 saturated heterocycles. The van der Waals surface area contributed by atoms with Gasteiger partial charge >= 0.3 is 0 Å². The van der Waals surface area contributed by atoms with Gasteiger partial charge < -0.3 is 20.4 Å². The van der Waals surface area contributed by atoms with E-state index >= 15 is 0 Å². The topological polar surface area (TPSA) is 55.7 Å². The van der Waals surface area contributed by atoms with Crippen molar-refractivity contribution < 1.29 is 10.2 Å². The number of piperidine rings is 1. The number of hydrogen-bond donors (Lipinski definition) is 3. The molecule has 3 N–H and O–H groups in total. The first-order chi connectivity index (χ1) is 9.61. The minimum atomic E-state index is -0.169. The summed E-state index contributed by atoms with van der Waals surface area (Å²) in [6, 6.07) is 6.07. The molecule has 0 saturated carbocycles. The zero-order chi connectivity index (χ0) is 14.5. The molecule has 0 amide bonds. The Kier molecular flexibility index (Phi) is 5.26. The maximum absolute atomic E-state index is 10.2. The number of benzene rings is 1. The number of anilines is 1. The van der Waals surface area contributed by atoms with Crippen LogP contribution >= 0.6 is 0 Å². The highest BCUT2D eigenvalue weighted by Crippen LogP contribution is 2.30. The molecule has 1 aromatic rings. The molecule has 1 unspecified atom stereocenters. The van der Waals surface area contributed by atoms with Gasteiger partial charge in [-0.2, -0.15) is 0 Å². The minimum Gasteiger partial charge on any atom is -0.508 e. The second-order valence-corrected chi connectivity index (χ2v) is 5.64. The number of phenols is 1. The Morgan fingerprint density at radius 1 is 1.35 bits per heavy atom. The number of rotatable bonds is 5. The van der Waals surface area contributed by atoms with Crippen molar-refractivity contribution in [3.63, 3.8) is 0 Å². The Balaban J connectivity index is 2.05. The van der Waals surface area contributed by atoms with Crippen LogP contribution in [-0.4, -0.2) is 36.0 Å². The van der Waals surface area contributed by atoms with Crippen LogP contribution in [0.2, 0.25) is 0 Å². The first-order valence-corrected chi connectivity index (χ1v) is 7.61. The molecule has 0 spiro atoms. The lowest BCUT2D eigenvalue weighted by Gasteiger charge is -2.31. The third-order valence-corrected chi connectivity index (χ3v) is 4.01. The van der Waals surface area contributed by atoms with Gasteiger partial charge in [-0.05, 0) is 38.8 Å². The van der Waals surface area contributed by atoms with Gasteiger partial charge in [-0.25, -0.2) is 0 Å². The molecule has 1 heterocycles. The summed E-state index contributed by atoms with van der Waals surface area (Å²) in [5.74, 6) is 0.352. The molecular weight excluding hydrogens is 252 g/mol. The van der Waals surface area contributed by atoms with E-state index in [1.807, 2.05) is 12.1 Å². The molecular formula is C16H26N2O2. The van der Waals surface area contributed by atoms with Crippen molar-refractivity contribution in [2.45, 2.75) is 45.3 Å². The second kappa shape index (κ2) is 6.95. The summed E-state index contributed by atoms with van der Waals surface area (Å²) >= 11 is 0. The molecule has 1 fully saturated rings. The Hall–Kier alpha value is -1.26. The third-order valence-electron chi connectivity index (χ3n) is 4.01. The van der Waals surface area contributed by atoms with Gasteiger partial charge in [-0.3, -0.25) is 0 Å². The first kappa shape index (κ1) is 15.1. The lowest BCUT2D eigenvalue weighted by atomic mass is 10.0. The quantitative estimate of drug-likeness (QED) is 0.774. The number of nitrogens with zero attached hydrogens (tertiary/aromatic N) is 1. The molecule has 2 rings (SSSR count). The lowest BCUT2D eigenvalue weighted by Crippen LogP contribution is -2.35. The summed E-state index contributed by atoms with van der Waals surface area (Å²) in [4.78, 5) is 2.22. The van der Waals surface area contributed by atoms with Gasteiger partial charge in [-0.15, -0.1) is 0 Å². The molecule has 0 aromatic heterocycles. The fourth-order valence-electron chi connectivity index (χ4n) is 2.69. The summed E-state index contributed by atoms with van der Waals surface area (Å²) in [6.45, 7) is 6.86. The highest BCUT2D eigenvalue weighted by atomic mass is 16.3. The number of aliphatic hydroxyl groups is 1. The molecule has 0 bridgehead atoms. The normalized spacial score (nSPS) is 18.2. The van der Waals surface area contributed by atoms with Crippen LogP contribution in [-0.2, 0) is 0 Å². The van der Waals surface area contributed by atoms with E-state index in [0.29, 0.717) is 5.75 Å². The number of phenolic OH excluding ortho intramolecular Hbond substituents is 1. The predicted octanol–water partition coefficient (Wildman–Crippen LogP) is 2.41. The van der Waals surface area contributed by atoms with Gasteiger partial charge in [0.1, 0.15) is 5.75 Å². The molecule has 1 aliphatic rings. The van der Waals surface area contributed by atoms with Crippen molar-refractivity contribution in [3.8, 4) is 5.75 Å². The molecule has 1 atom stereocenters. The monoisotopic (exact) mass is 278 g/mol. The van der Waals surface area contributed by atoms with Crippen molar-refractivity contribution in [2.24, 2.45) is 0 Å². The van der Waals surface area contributed by atoms with Gasteiger partial charge in [-0.1, -0.05) is 13.0 Å². The van der Waals surface area contributed by atoms with Crippen molar-refractivity contribution in [2.75, 3.05) is 24.5 Å². The number of hydrogen-bond acceptors (Lipinski definition) is 4.